The van der Waals surface area contributed by atoms with Gasteiger partial charge in [-0.15, -0.1) is 11.8 Å². The van der Waals surface area contributed by atoms with Crippen LogP contribution in [0, 0.1) is 13.8 Å². The van der Waals surface area contributed by atoms with Crippen molar-refractivity contribution in [3.05, 3.63) is 40.8 Å². The Morgan fingerprint density at radius 3 is 2.66 bits per heavy atom. The Kier molecular flexibility index (Phi) is 8.85. The highest BCUT2D eigenvalue weighted by atomic mass is 32.2. The summed E-state index contributed by atoms with van der Waals surface area (Å²) in [5.41, 5.74) is 6.98. The van der Waals surface area contributed by atoms with Crippen LogP contribution in [-0.2, 0) is 10.5 Å². The molecule has 9 heteroatoms. The second-order valence-corrected chi connectivity index (χ2v) is 7.35. The number of methoxy groups -OCH3 is 1. The second kappa shape index (κ2) is 11.4. The molecule has 2 amide bonds. The van der Waals surface area contributed by atoms with E-state index in [1.54, 1.807) is 18.2 Å². The van der Waals surface area contributed by atoms with Gasteiger partial charge < -0.3 is 14.0 Å². The summed E-state index contributed by atoms with van der Waals surface area (Å²) in [4.78, 5) is 24.3. The molecule has 0 saturated heterocycles. The van der Waals surface area contributed by atoms with Gasteiger partial charge in [0.2, 0.25) is 5.91 Å². The van der Waals surface area contributed by atoms with Crippen molar-refractivity contribution in [2.75, 3.05) is 19.5 Å². The number of nitrogens with zero attached hydrogens (tertiary/aromatic N) is 1. The monoisotopic (exact) mass is 421 g/mol. The Bertz CT molecular complexity index is 818. The van der Waals surface area contributed by atoms with Gasteiger partial charge in [0.1, 0.15) is 5.76 Å². The standard InChI is InChI=1S/C20H27N3O5S/c1-5-6-9-27-17-8-7-15(10-18(17)26-4)20(25)22-21-19(24)12-29-11-16-13(2)23-28-14(16)3/h7-8,10H,5-6,9,11-12H2,1-4H3,(H,21,24)(H,22,25). The number of amides is 2. The van der Waals surface area contributed by atoms with E-state index in [0.717, 1.165) is 29.9 Å². The van der Waals surface area contributed by atoms with Crippen LogP contribution in [-0.4, -0.2) is 36.4 Å². The average Bonchev–Trinajstić information content (AvgIpc) is 3.04. The number of hydrazine groups is 1. The van der Waals surface area contributed by atoms with Crippen molar-refractivity contribution < 1.29 is 23.6 Å². The van der Waals surface area contributed by atoms with Gasteiger partial charge in [0.15, 0.2) is 11.5 Å². The van der Waals surface area contributed by atoms with Gasteiger partial charge in [-0.2, -0.15) is 0 Å². The third kappa shape index (κ3) is 6.70. The predicted octanol–water partition coefficient (Wildman–Crippen LogP) is 3.17. The highest BCUT2D eigenvalue weighted by Gasteiger charge is 2.13. The molecule has 8 nitrogen and oxygen atoms in total. The Balaban J connectivity index is 1.81. The molecule has 0 fully saturated rings. The predicted molar refractivity (Wildman–Crippen MR) is 111 cm³/mol. The van der Waals surface area contributed by atoms with E-state index in [4.69, 9.17) is 14.0 Å². The van der Waals surface area contributed by atoms with Crippen molar-refractivity contribution in [1.82, 2.24) is 16.0 Å². The molecule has 0 aliphatic carbocycles. The minimum Gasteiger partial charge on any atom is -0.493 e. The first-order valence-electron chi connectivity index (χ1n) is 9.35. The topological polar surface area (TPSA) is 103 Å². The molecule has 0 aliphatic heterocycles. The summed E-state index contributed by atoms with van der Waals surface area (Å²) in [6.45, 7) is 6.36. The van der Waals surface area contributed by atoms with E-state index < -0.39 is 5.91 Å². The molecule has 0 radical (unpaired) electrons. The minimum atomic E-state index is -0.438. The quantitative estimate of drug-likeness (QED) is 0.449. The van der Waals surface area contributed by atoms with Crippen molar-refractivity contribution in [3.8, 4) is 11.5 Å². The Hall–Kier alpha value is -2.68. The van der Waals surface area contributed by atoms with E-state index in [0.29, 0.717) is 29.4 Å². The van der Waals surface area contributed by atoms with E-state index >= 15 is 0 Å². The fourth-order valence-corrected chi connectivity index (χ4v) is 3.42. The van der Waals surface area contributed by atoms with E-state index in [1.807, 2.05) is 13.8 Å². The SMILES string of the molecule is CCCCOc1ccc(C(=O)NNC(=O)CSCc2c(C)noc2C)cc1OC. The molecule has 29 heavy (non-hydrogen) atoms. The summed E-state index contributed by atoms with van der Waals surface area (Å²) < 4.78 is 16.0. The first-order valence-corrected chi connectivity index (χ1v) is 10.5. The van der Waals surface area contributed by atoms with Gasteiger partial charge in [0.25, 0.3) is 5.91 Å². The molecule has 0 bridgehead atoms. The molecule has 1 aromatic heterocycles. The maximum atomic E-state index is 12.3. The third-order valence-electron chi connectivity index (χ3n) is 4.16. The molecule has 2 rings (SSSR count). The summed E-state index contributed by atoms with van der Waals surface area (Å²) in [6, 6.07) is 4.89. The van der Waals surface area contributed by atoms with Gasteiger partial charge in [0.05, 0.1) is 25.2 Å². The molecule has 158 valence electrons. The molecule has 0 aliphatic rings. The van der Waals surface area contributed by atoms with E-state index in [9.17, 15) is 9.59 Å². The summed E-state index contributed by atoms with van der Waals surface area (Å²) >= 11 is 1.41. The molecule has 1 heterocycles. The number of aryl methyl sites for hydroxylation is 2. The second-order valence-electron chi connectivity index (χ2n) is 6.37. The van der Waals surface area contributed by atoms with Crippen molar-refractivity contribution in [2.24, 2.45) is 0 Å². The Labute approximate surface area is 174 Å². The molecule has 0 unspecified atom stereocenters. The lowest BCUT2D eigenvalue weighted by Crippen LogP contribution is -2.42. The van der Waals surface area contributed by atoms with E-state index in [-0.39, 0.29) is 11.7 Å². The normalized spacial score (nSPS) is 10.5. The van der Waals surface area contributed by atoms with Crippen LogP contribution >= 0.6 is 11.8 Å². The van der Waals surface area contributed by atoms with Crippen LogP contribution in [0.2, 0.25) is 0 Å². The molecule has 0 atom stereocenters. The van der Waals surface area contributed by atoms with Crippen LogP contribution in [0.4, 0.5) is 0 Å². The van der Waals surface area contributed by atoms with Gasteiger partial charge >= 0.3 is 0 Å². The fourth-order valence-electron chi connectivity index (χ4n) is 2.44. The molecule has 0 saturated carbocycles. The zero-order valence-electron chi connectivity index (χ0n) is 17.2. The van der Waals surface area contributed by atoms with Crippen molar-refractivity contribution in [2.45, 2.75) is 39.4 Å². The zero-order chi connectivity index (χ0) is 21.2. The molecular formula is C20H27N3O5S. The van der Waals surface area contributed by atoms with Gasteiger partial charge in [0, 0.05) is 16.9 Å². The zero-order valence-corrected chi connectivity index (χ0v) is 18.0. The summed E-state index contributed by atoms with van der Waals surface area (Å²) in [5, 5.41) is 3.88. The lowest BCUT2D eigenvalue weighted by Gasteiger charge is -2.12. The van der Waals surface area contributed by atoms with E-state index in [2.05, 4.69) is 22.9 Å². The number of hydrogen-bond acceptors (Lipinski definition) is 7. The lowest BCUT2D eigenvalue weighted by atomic mass is 10.2. The number of aromatic nitrogens is 1. The molecular weight excluding hydrogens is 394 g/mol. The number of hydrogen-bond donors (Lipinski definition) is 2. The maximum absolute atomic E-state index is 12.3. The smallest absolute Gasteiger partial charge is 0.269 e. The van der Waals surface area contributed by atoms with Crippen molar-refractivity contribution in [1.29, 1.82) is 0 Å². The van der Waals surface area contributed by atoms with Gasteiger partial charge in [-0.25, -0.2) is 0 Å². The van der Waals surface area contributed by atoms with Crippen LogP contribution in [0.15, 0.2) is 22.7 Å². The van der Waals surface area contributed by atoms with Gasteiger partial charge in [-0.1, -0.05) is 18.5 Å². The Morgan fingerprint density at radius 2 is 2.00 bits per heavy atom. The number of benzene rings is 1. The van der Waals surface area contributed by atoms with E-state index in [1.165, 1.54) is 18.9 Å². The lowest BCUT2D eigenvalue weighted by molar-refractivity contribution is -0.119. The van der Waals surface area contributed by atoms with Crippen LogP contribution in [0.1, 0.15) is 47.1 Å². The van der Waals surface area contributed by atoms with Gasteiger partial charge in [-0.3, -0.25) is 20.4 Å². The number of rotatable bonds is 10. The minimum absolute atomic E-state index is 0.192. The average molecular weight is 422 g/mol. The number of carbonyl (C=O) groups is 2. The summed E-state index contributed by atoms with van der Waals surface area (Å²) in [7, 11) is 1.52. The summed E-state index contributed by atoms with van der Waals surface area (Å²) in [6.07, 6.45) is 1.96. The van der Waals surface area contributed by atoms with Gasteiger partial charge in [-0.05, 0) is 38.5 Å². The fraction of sp³-hybridized carbons (Fsp3) is 0.450. The number of carbonyl (C=O) groups excluding carboxylic acids is 2. The highest BCUT2D eigenvalue weighted by Crippen LogP contribution is 2.28. The first kappa shape index (κ1) is 22.6. The van der Waals surface area contributed by atoms with Crippen LogP contribution in [0.5, 0.6) is 11.5 Å². The maximum Gasteiger partial charge on any atom is 0.269 e. The third-order valence-corrected chi connectivity index (χ3v) is 5.12. The summed E-state index contributed by atoms with van der Waals surface area (Å²) in [5.74, 6) is 1.86. The van der Waals surface area contributed by atoms with Crippen LogP contribution in [0.25, 0.3) is 0 Å². The first-order chi connectivity index (χ1) is 14.0. The van der Waals surface area contributed by atoms with Crippen LogP contribution < -0.4 is 20.3 Å². The molecule has 1 aromatic carbocycles. The number of unbranched alkanes of at least 4 members (excludes halogenated alkanes) is 1. The number of thioether (sulfide) groups is 1. The van der Waals surface area contributed by atoms with Crippen LogP contribution in [0.3, 0.4) is 0 Å². The number of nitrogens with one attached hydrogen (secondary N) is 2. The van der Waals surface area contributed by atoms with Crippen molar-refractivity contribution >= 4 is 23.6 Å². The highest BCUT2D eigenvalue weighted by molar-refractivity contribution is 7.99. The molecule has 2 aromatic rings. The molecule has 2 N–H and O–H groups in total. The molecule has 0 spiro atoms. The number of ether oxygens (including phenoxy) is 2. The Morgan fingerprint density at radius 1 is 1.21 bits per heavy atom. The largest absolute Gasteiger partial charge is 0.493 e. The van der Waals surface area contributed by atoms with Crippen molar-refractivity contribution in [3.63, 3.8) is 0 Å².